The topological polar surface area (TPSA) is 64.4 Å². The van der Waals surface area contributed by atoms with Gasteiger partial charge in [0, 0.05) is 6.54 Å². The van der Waals surface area contributed by atoms with Crippen molar-refractivity contribution in [3.63, 3.8) is 0 Å². The Morgan fingerprint density at radius 2 is 2.05 bits per heavy atom. The van der Waals surface area contributed by atoms with Gasteiger partial charge in [-0.1, -0.05) is 23.7 Å². The van der Waals surface area contributed by atoms with Crippen molar-refractivity contribution < 1.29 is 9.66 Å². The van der Waals surface area contributed by atoms with Crippen LogP contribution in [0.1, 0.15) is 12.5 Å². The van der Waals surface area contributed by atoms with E-state index in [1.165, 1.54) is 0 Å². The average molecular weight is 307 g/mol. The molecular weight excluding hydrogens is 292 g/mol. The van der Waals surface area contributed by atoms with Crippen molar-refractivity contribution in [1.82, 2.24) is 0 Å². The molecule has 0 amide bonds. The number of nitrogens with zero attached hydrogens (tertiary/aromatic N) is 1. The van der Waals surface area contributed by atoms with Gasteiger partial charge >= 0.3 is 5.69 Å². The number of halogens is 1. The SMILES string of the molecule is CCNc1cccc(Oc2ccc(C)cc2Cl)c1[N+](=O)[O-]. The van der Waals surface area contributed by atoms with Crippen molar-refractivity contribution in [2.75, 3.05) is 11.9 Å². The predicted octanol–water partition coefficient (Wildman–Crippen LogP) is 4.78. The number of benzene rings is 2. The lowest BCUT2D eigenvalue weighted by Crippen LogP contribution is -2.02. The first kappa shape index (κ1) is 15.1. The maximum atomic E-state index is 11.3. The van der Waals surface area contributed by atoms with Gasteiger partial charge in [-0.05, 0) is 43.7 Å². The molecule has 21 heavy (non-hydrogen) atoms. The van der Waals surface area contributed by atoms with Crippen LogP contribution in [0.3, 0.4) is 0 Å². The molecule has 0 aliphatic heterocycles. The minimum Gasteiger partial charge on any atom is -0.448 e. The molecular formula is C15H15ClN2O3. The fourth-order valence-electron chi connectivity index (χ4n) is 1.93. The van der Waals surface area contributed by atoms with E-state index in [9.17, 15) is 10.1 Å². The van der Waals surface area contributed by atoms with Gasteiger partial charge < -0.3 is 10.1 Å². The highest BCUT2D eigenvalue weighted by molar-refractivity contribution is 6.32. The first-order valence-electron chi connectivity index (χ1n) is 6.48. The zero-order chi connectivity index (χ0) is 15.4. The van der Waals surface area contributed by atoms with Crippen LogP contribution in [0.4, 0.5) is 11.4 Å². The van der Waals surface area contributed by atoms with Crippen molar-refractivity contribution in [2.45, 2.75) is 13.8 Å². The van der Waals surface area contributed by atoms with Crippen molar-refractivity contribution in [3.8, 4) is 11.5 Å². The number of hydrogen-bond donors (Lipinski definition) is 1. The maximum absolute atomic E-state index is 11.3. The first-order chi connectivity index (χ1) is 10.0. The Hall–Kier alpha value is -2.27. The molecule has 0 bridgehead atoms. The van der Waals surface area contributed by atoms with Gasteiger partial charge in [0.1, 0.15) is 11.4 Å². The molecule has 0 unspecified atom stereocenters. The Morgan fingerprint density at radius 1 is 1.29 bits per heavy atom. The molecule has 110 valence electrons. The average Bonchev–Trinajstić information content (AvgIpc) is 2.42. The highest BCUT2D eigenvalue weighted by Gasteiger charge is 2.21. The number of rotatable bonds is 5. The number of anilines is 1. The van der Waals surface area contributed by atoms with Crippen LogP contribution in [0.15, 0.2) is 36.4 Å². The molecule has 0 aliphatic rings. The largest absolute Gasteiger partial charge is 0.448 e. The molecule has 1 N–H and O–H groups in total. The van der Waals surface area contributed by atoms with Crippen LogP contribution >= 0.6 is 11.6 Å². The van der Waals surface area contributed by atoms with Gasteiger partial charge in [0.2, 0.25) is 5.75 Å². The van der Waals surface area contributed by atoms with E-state index in [0.717, 1.165) is 5.56 Å². The van der Waals surface area contributed by atoms with Crippen LogP contribution in [0.25, 0.3) is 0 Å². The number of ether oxygens (including phenoxy) is 1. The summed E-state index contributed by atoms with van der Waals surface area (Å²) >= 11 is 6.10. The summed E-state index contributed by atoms with van der Waals surface area (Å²) in [7, 11) is 0. The maximum Gasteiger partial charge on any atom is 0.334 e. The third-order valence-corrected chi connectivity index (χ3v) is 3.15. The van der Waals surface area contributed by atoms with Crippen molar-refractivity contribution in [3.05, 3.63) is 57.1 Å². The third-order valence-electron chi connectivity index (χ3n) is 2.86. The second-order valence-electron chi connectivity index (χ2n) is 4.48. The molecule has 2 aromatic rings. The molecule has 0 atom stereocenters. The lowest BCUT2D eigenvalue weighted by Gasteiger charge is -2.11. The minimum absolute atomic E-state index is 0.101. The lowest BCUT2D eigenvalue weighted by atomic mass is 10.2. The molecule has 0 aromatic heterocycles. The highest BCUT2D eigenvalue weighted by Crippen LogP contribution is 2.39. The zero-order valence-corrected chi connectivity index (χ0v) is 12.5. The molecule has 0 radical (unpaired) electrons. The van der Waals surface area contributed by atoms with Gasteiger partial charge in [-0.3, -0.25) is 10.1 Å². The minimum atomic E-state index is -0.463. The van der Waals surface area contributed by atoms with Gasteiger partial charge in [0.05, 0.1) is 9.95 Å². The molecule has 5 nitrogen and oxygen atoms in total. The number of nitrogens with one attached hydrogen (secondary N) is 1. The van der Waals surface area contributed by atoms with Crippen LogP contribution in [0.5, 0.6) is 11.5 Å². The van der Waals surface area contributed by atoms with Crippen molar-refractivity contribution in [1.29, 1.82) is 0 Å². The van der Waals surface area contributed by atoms with Crippen LogP contribution in [0, 0.1) is 17.0 Å². The van der Waals surface area contributed by atoms with Crippen molar-refractivity contribution >= 4 is 23.0 Å². The summed E-state index contributed by atoms with van der Waals surface area (Å²) in [5.74, 6) is 0.545. The monoisotopic (exact) mass is 306 g/mol. The quantitative estimate of drug-likeness (QED) is 0.637. The Morgan fingerprint density at radius 3 is 2.67 bits per heavy atom. The summed E-state index contributed by atoms with van der Waals surface area (Å²) in [6.45, 7) is 4.35. The normalized spacial score (nSPS) is 10.2. The first-order valence-corrected chi connectivity index (χ1v) is 6.86. The Bertz CT molecular complexity index is 674. The second kappa shape index (κ2) is 6.45. The predicted molar refractivity (Wildman–Crippen MR) is 83.5 cm³/mol. The Labute approximate surface area is 127 Å². The molecule has 2 rings (SSSR count). The van der Waals surface area contributed by atoms with E-state index >= 15 is 0 Å². The summed E-state index contributed by atoms with van der Waals surface area (Å²) < 4.78 is 5.63. The zero-order valence-electron chi connectivity index (χ0n) is 11.7. The molecule has 0 spiro atoms. The molecule has 0 heterocycles. The van der Waals surface area contributed by atoms with Gasteiger partial charge in [-0.15, -0.1) is 0 Å². The second-order valence-corrected chi connectivity index (χ2v) is 4.88. The summed E-state index contributed by atoms with van der Waals surface area (Å²) in [5, 5.41) is 14.7. The molecule has 0 saturated heterocycles. The molecule has 0 aliphatic carbocycles. The summed E-state index contributed by atoms with van der Waals surface area (Å²) in [5.41, 5.74) is 1.31. The molecule has 0 saturated carbocycles. The van der Waals surface area contributed by atoms with Gasteiger partial charge in [0.15, 0.2) is 0 Å². The standard InChI is InChI=1S/C15H15ClN2O3/c1-3-17-12-5-4-6-14(15(12)18(19)20)21-13-8-7-10(2)9-11(13)16/h4-9,17H,3H2,1-2H3. The van der Waals surface area contributed by atoms with E-state index in [2.05, 4.69) is 5.32 Å². The van der Waals surface area contributed by atoms with Crippen LogP contribution in [0.2, 0.25) is 5.02 Å². The number of nitro benzene ring substituents is 1. The summed E-state index contributed by atoms with van der Waals surface area (Å²) in [6, 6.07) is 10.2. The van der Waals surface area contributed by atoms with E-state index in [0.29, 0.717) is 23.0 Å². The Balaban J connectivity index is 2.43. The highest BCUT2D eigenvalue weighted by atomic mass is 35.5. The van der Waals surface area contributed by atoms with Crippen molar-refractivity contribution in [2.24, 2.45) is 0 Å². The van der Waals surface area contributed by atoms with E-state index < -0.39 is 4.92 Å². The number of para-hydroxylation sites is 1. The van der Waals surface area contributed by atoms with Crippen LogP contribution in [-0.4, -0.2) is 11.5 Å². The van der Waals surface area contributed by atoms with Crippen LogP contribution < -0.4 is 10.1 Å². The fourth-order valence-corrected chi connectivity index (χ4v) is 2.21. The van der Waals surface area contributed by atoms with Gasteiger partial charge in [0.25, 0.3) is 0 Å². The molecule has 6 heteroatoms. The molecule has 0 fully saturated rings. The number of nitro groups is 1. The van der Waals surface area contributed by atoms with E-state index in [1.54, 1.807) is 30.3 Å². The van der Waals surface area contributed by atoms with E-state index in [4.69, 9.17) is 16.3 Å². The Kier molecular flexibility index (Phi) is 4.65. The summed E-state index contributed by atoms with van der Waals surface area (Å²) in [4.78, 5) is 10.8. The van der Waals surface area contributed by atoms with Gasteiger partial charge in [-0.25, -0.2) is 0 Å². The van der Waals surface area contributed by atoms with Crippen LogP contribution in [-0.2, 0) is 0 Å². The number of hydrogen-bond acceptors (Lipinski definition) is 4. The number of aryl methyl sites for hydroxylation is 1. The third kappa shape index (κ3) is 3.44. The van der Waals surface area contributed by atoms with E-state index in [-0.39, 0.29) is 11.4 Å². The smallest absolute Gasteiger partial charge is 0.334 e. The lowest BCUT2D eigenvalue weighted by molar-refractivity contribution is -0.384. The summed E-state index contributed by atoms with van der Waals surface area (Å²) in [6.07, 6.45) is 0. The molecule has 2 aromatic carbocycles. The fraction of sp³-hybridized carbons (Fsp3) is 0.200. The van der Waals surface area contributed by atoms with Gasteiger partial charge in [-0.2, -0.15) is 0 Å². The van der Waals surface area contributed by atoms with E-state index in [1.807, 2.05) is 19.9 Å².